The summed E-state index contributed by atoms with van der Waals surface area (Å²) in [5.74, 6) is -5.01. The third kappa shape index (κ3) is 9.12. The van der Waals surface area contributed by atoms with Crippen LogP contribution in [0.4, 0.5) is 32.2 Å². The topological polar surface area (TPSA) is 155 Å². The predicted molar refractivity (Wildman–Crippen MR) is 119 cm³/mol. The number of rotatable bonds is 6. The van der Waals surface area contributed by atoms with E-state index < -0.39 is 30.3 Å². The highest BCUT2D eigenvalue weighted by Gasteiger charge is 2.52. The van der Waals surface area contributed by atoms with Gasteiger partial charge in [-0.05, 0) is 31.4 Å². The molecule has 1 saturated carbocycles. The van der Waals surface area contributed by atoms with Crippen molar-refractivity contribution < 1.29 is 60.8 Å². The Hall–Kier alpha value is -3.89. The molecule has 17 heteroatoms. The first-order valence-electron chi connectivity index (χ1n) is 11.1. The summed E-state index contributed by atoms with van der Waals surface area (Å²) in [7, 11) is 0. The fourth-order valence-electron chi connectivity index (χ4n) is 3.35. The van der Waals surface area contributed by atoms with E-state index in [1.165, 1.54) is 12.8 Å². The number of nitrogens with zero attached hydrogens (tertiary/aromatic N) is 4. The molecule has 0 aromatic carbocycles. The molecular weight excluding hydrogens is 546 g/mol. The number of hydrogen-bond acceptors (Lipinski definition) is 8. The highest BCUT2D eigenvalue weighted by molar-refractivity contribution is 5.86. The van der Waals surface area contributed by atoms with Crippen molar-refractivity contribution >= 4 is 23.7 Å². The number of aliphatic hydroxyl groups is 1. The largest absolute Gasteiger partial charge is 0.490 e. The molecule has 0 atom stereocenters. The van der Waals surface area contributed by atoms with Crippen LogP contribution in [0.25, 0.3) is 0 Å². The zero-order valence-electron chi connectivity index (χ0n) is 20.3. The van der Waals surface area contributed by atoms with Crippen LogP contribution >= 0.6 is 0 Å². The highest BCUT2D eigenvalue weighted by atomic mass is 19.4. The Bertz CT molecular complexity index is 1150. The van der Waals surface area contributed by atoms with Gasteiger partial charge in [-0.15, -0.1) is 0 Å². The maximum absolute atomic E-state index is 11.7. The molecule has 4 rings (SSSR count). The van der Waals surface area contributed by atoms with Crippen molar-refractivity contribution in [3.63, 3.8) is 0 Å². The Balaban J connectivity index is 0.000000317. The molecule has 11 nitrogen and oxygen atoms in total. The molecule has 39 heavy (non-hydrogen) atoms. The number of hydrogen-bond donors (Lipinski definition) is 3. The Morgan fingerprint density at radius 1 is 1.03 bits per heavy atom. The van der Waals surface area contributed by atoms with Gasteiger partial charge in [0.2, 0.25) is 0 Å². The lowest BCUT2D eigenvalue weighted by molar-refractivity contribution is -0.193. The molecule has 216 valence electrons. The third-order valence-electron chi connectivity index (χ3n) is 5.49. The lowest BCUT2D eigenvalue weighted by atomic mass is 9.97. The van der Waals surface area contributed by atoms with Gasteiger partial charge in [0.05, 0.1) is 31.8 Å². The maximum Gasteiger partial charge on any atom is 0.490 e. The van der Waals surface area contributed by atoms with E-state index in [1.807, 2.05) is 12.1 Å². The average molecular weight is 570 g/mol. The third-order valence-corrected chi connectivity index (χ3v) is 5.49. The van der Waals surface area contributed by atoms with E-state index in [2.05, 4.69) is 14.9 Å². The Morgan fingerprint density at radius 2 is 1.56 bits per heavy atom. The highest BCUT2D eigenvalue weighted by Crippen LogP contribution is 2.53. The minimum atomic E-state index is -5.08. The van der Waals surface area contributed by atoms with Gasteiger partial charge in [0.15, 0.2) is 5.69 Å². The van der Waals surface area contributed by atoms with Crippen molar-refractivity contribution in [3.8, 4) is 0 Å². The summed E-state index contributed by atoms with van der Waals surface area (Å²) in [5, 5.41) is 23.9. The van der Waals surface area contributed by atoms with Crippen LogP contribution in [0.15, 0.2) is 24.7 Å². The van der Waals surface area contributed by atoms with Gasteiger partial charge in [-0.3, -0.25) is 0 Å². The second-order valence-corrected chi connectivity index (χ2v) is 8.55. The molecule has 0 unspecified atom stereocenters. The van der Waals surface area contributed by atoms with Crippen LogP contribution in [0.2, 0.25) is 0 Å². The molecule has 2 aliphatic rings. The summed E-state index contributed by atoms with van der Waals surface area (Å²) >= 11 is 0. The van der Waals surface area contributed by atoms with Gasteiger partial charge in [-0.25, -0.2) is 24.4 Å². The number of anilines is 1. The Morgan fingerprint density at radius 3 is 2.00 bits per heavy atom. The first kappa shape index (κ1) is 31.3. The number of imidazole rings is 1. The molecule has 1 aliphatic heterocycles. The van der Waals surface area contributed by atoms with E-state index in [1.54, 1.807) is 24.0 Å². The van der Waals surface area contributed by atoms with Crippen LogP contribution < -0.4 is 4.90 Å². The van der Waals surface area contributed by atoms with E-state index in [-0.39, 0.29) is 12.3 Å². The summed E-state index contributed by atoms with van der Waals surface area (Å²) in [6, 6.07) is 4.00. The second-order valence-electron chi connectivity index (χ2n) is 8.55. The van der Waals surface area contributed by atoms with Crippen molar-refractivity contribution in [1.29, 1.82) is 0 Å². The van der Waals surface area contributed by atoms with Crippen LogP contribution in [0.1, 0.15) is 41.5 Å². The van der Waals surface area contributed by atoms with Crippen molar-refractivity contribution in [1.82, 2.24) is 14.5 Å². The van der Waals surface area contributed by atoms with Gasteiger partial charge < -0.3 is 29.5 Å². The monoisotopic (exact) mass is 570 g/mol. The van der Waals surface area contributed by atoms with Crippen LogP contribution in [0.3, 0.4) is 0 Å². The number of alkyl halides is 6. The SMILES string of the molecule is CCOC(=O)c1cn(Cc2ccc(N3CC4(CC4)C3)nc2CO)cn1.O=C(O)C(F)(F)F.O=C(O)C(F)(F)F. The van der Waals surface area contributed by atoms with E-state index >= 15 is 0 Å². The van der Waals surface area contributed by atoms with Crippen LogP contribution in [-0.2, 0) is 27.5 Å². The molecule has 1 spiro atoms. The van der Waals surface area contributed by atoms with Crippen molar-refractivity contribution in [2.24, 2.45) is 5.41 Å². The molecule has 2 aromatic heterocycles. The standard InChI is InChI=1S/C18H22N4O3.2C2HF3O2/c1-2-25-17(24)14-8-21(12-19-14)7-13-3-4-16(20-15(13)9-23)22-10-18(11-22)5-6-18;2*3-2(4,5)1(6)7/h3-4,8,12,23H,2,5-7,9-11H2,1H3;2*(H,6,7). The lowest BCUT2D eigenvalue weighted by Gasteiger charge is -2.41. The quantitative estimate of drug-likeness (QED) is 0.349. The maximum atomic E-state index is 11.7. The number of esters is 1. The molecule has 0 bridgehead atoms. The normalized spacial score (nSPS) is 15.2. The van der Waals surface area contributed by atoms with Gasteiger partial charge in [0.25, 0.3) is 0 Å². The zero-order chi connectivity index (χ0) is 29.6. The first-order valence-corrected chi connectivity index (χ1v) is 11.1. The number of aromatic nitrogens is 3. The molecule has 1 aliphatic carbocycles. The summed E-state index contributed by atoms with van der Waals surface area (Å²) in [6.07, 6.45) is -4.26. The van der Waals surface area contributed by atoms with Crippen LogP contribution in [0, 0.1) is 5.41 Å². The van der Waals surface area contributed by atoms with Crippen molar-refractivity contribution in [2.45, 2.75) is 45.3 Å². The number of pyridine rings is 1. The first-order chi connectivity index (χ1) is 18.0. The number of carbonyl (C=O) groups is 3. The van der Waals surface area contributed by atoms with Crippen LogP contribution in [0.5, 0.6) is 0 Å². The predicted octanol–water partition coefficient (Wildman–Crippen LogP) is 2.86. The fraction of sp³-hybridized carbons (Fsp3) is 0.500. The number of carboxylic acids is 2. The molecule has 1 saturated heterocycles. The minimum absolute atomic E-state index is 0.110. The second kappa shape index (κ2) is 12.3. The number of aliphatic hydroxyl groups excluding tert-OH is 1. The van der Waals surface area contributed by atoms with Gasteiger partial charge in [-0.1, -0.05) is 6.07 Å². The van der Waals surface area contributed by atoms with Gasteiger partial charge in [0.1, 0.15) is 5.82 Å². The minimum Gasteiger partial charge on any atom is -0.475 e. The molecule has 2 fully saturated rings. The number of halogens is 6. The molecule has 3 heterocycles. The number of aliphatic carboxylic acids is 2. The van der Waals surface area contributed by atoms with Gasteiger partial charge in [0, 0.05) is 24.7 Å². The lowest BCUT2D eigenvalue weighted by Crippen LogP contribution is -2.48. The zero-order valence-corrected chi connectivity index (χ0v) is 20.3. The van der Waals surface area contributed by atoms with E-state index in [0.717, 1.165) is 24.5 Å². The summed E-state index contributed by atoms with van der Waals surface area (Å²) in [4.78, 5) is 40.5. The summed E-state index contributed by atoms with van der Waals surface area (Å²) in [5.41, 5.74) is 2.44. The number of carbonyl (C=O) groups excluding carboxylic acids is 1. The van der Waals surface area contributed by atoms with Crippen molar-refractivity contribution in [2.75, 3.05) is 24.6 Å². The summed E-state index contributed by atoms with van der Waals surface area (Å²) in [6.45, 7) is 4.63. The van der Waals surface area contributed by atoms with E-state index in [4.69, 9.17) is 24.5 Å². The van der Waals surface area contributed by atoms with Gasteiger partial charge in [-0.2, -0.15) is 26.3 Å². The molecule has 0 amide bonds. The average Bonchev–Trinajstić information content (AvgIpc) is 3.49. The number of carboxylic acid groups (broad SMARTS) is 2. The summed E-state index contributed by atoms with van der Waals surface area (Å²) < 4.78 is 70.2. The molecule has 2 aromatic rings. The van der Waals surface area contributed by atoms with E-state index in [9.17, 15) is 36.2 Å². The van der Waals surface area contributed by atoms with Crippen LogP contribution in [-0.4, -0.2) is 79.8 Å². The molecular formula is C22H24F6N4O7. The van der Waals surface area contributed by atoms with Gasteiger partial charge >= 0.3 is 30.3 Å². The van der Waals surface area contributed by atoms with Crippen molar-refractivity contribution in [3.05, 3.63) is 41.6 Å². The smallest absolute Gasteiger partial charge is 0.475 e. The van der Waals surface area contributed by atoms with E-state index in [0.29, 0.717) is 24.3 Å². The Kier molecular flexibility index (Phi) is 9.89. The molecule has 0 radical (unpaired) electrons. The number of ether oxygens (including phenoxy) is 1. The Labute approximate surface area is 216 Å². The fourth-order valence-corrected chi connectivity index (χ4v) is 3.35. The molecule has 3 N–H and O–H groups in total.